The number of carbonyl (C=O) groups is 2. The molecule has 0 spiro atoms. The maximum absolute atomic E-state index is 13.6. The van der Waals surface area contributed by atoms with Crippen molar-refractivity contribution < 1.29 is 27.5 Å². The number of nitrogens with zero attached hydrogens (tertiary/aromatic N) is 2. The highest BCUT2D eigenvalue weighted by atomic mass is 127. The van der Waals surface area contributed by atoms with E-state index in [1.54, 1.807) is 45.0 Å². The monoisotopic (exact) mass is 651 g/mol. The third-order valence-corrected chi connectivity index (χ3v) is 8.62. The first-order chi connectivity index (χ1) is 17.8. The molecule has 0 saturated heterocycles. The van der Waals surface area contributed by atoms with Gasteiger partial charge in [0.15, 0.2) is 5.65 Å². The van der Waals surface area contributed by atoms with E-state index >= 15 is 0 Å². The van der Waals surface area contributed by atoms with Crippen molar-refractivity contribution in [1.29, 1.82) is 0 Å². The lowest BCUT2D eigenvalue weighted by molar-refractivity contribution is 0.0501. The molecule has 1 N–H and O–H groups in total. The van der Waals surface area contributed by atoms with Crippen LogP contribution in [0.25, 0.3) is 16.6 Å². The molecule has 9 nitrogen and oxygen atoms in total. The molecule has 3 aromatic rings. The topological polar surface area (TPSA) is 117 Å². The number of nitrogens with one attached hydrogen (secondary N) is 1. The van der Waals surface area contributed by atoms with Gasteiger partial charge in [-0.15, -0.1) is 0 Å². The zero-order valence-corrected chi connectivity index (χ0v) is 24.8. The summed E-state index contributed by atoms with van der Waals surface area (Å²) in [6, 6.07) is 6.37. The van der Waals surface area contributed by atoms with Gasteiger partial charge in [-0.25, -0.2) is 27.0 Å². The minimum Gasteiger partial charge on any atom is -0.465 e. The number of ether oxygens (including phenoxy) is 2. The summed E-state index contributed by atoms with van der Waals surface area (Å²) in [6.45, 7) is 7.28. The predicted octanol–water partition coefficient (Wildman–Crippen LogP) is 5.43. The van der Waals surface area contributed by atoms with Gasteiger partial charge in [-0.2, -0.15) is 0 Å². The van der Waals surface area contributed by atoms with Crippen LogP contribution < -0.4 is 5.32 Å². The number of fused-ring (bicyclic) bond motifs is 1. The lowest BCUT2D eigenvalue weighted by Gasteiger charge is -2.27. The van der Waals surface area contributed by atoms with Gasteiger partial charge in [-0.1, -0.05) is 23.8 Å². The summed E-state index contributed by atoms with van der Waals surface area (Å²) < 4.78 is 39.4. The average molecular weight is 652 g/mol. The van der Waals surface area contributed by atoms with E-state index in [1.165, 1.54) is 19.5 Å². The van der Waals surface area contributed by atoms with Gasteiger partial charge in [0, 0.05) is 33.0 Å². The molecule has 4 rings (SSSR count). The Hall–Kier alpha value is -2.93. The number of allylic oxidation sites excluding steroid dienone is 1. The highest BCUT2D eigenvalue weighted by molar-refractivity contribution is 14.1. The Kier molecular flexibility index (Phi) is 7.89. The summed E-state index contributed by atoms with van der Waals surface area (Å²) in [4.78, 5) is 29.8. The molecule has 0 saturated carbocycles. The first-order valence-electron chi connectivity index (χ1n) is 12.1. The third kappa shape index (κ3) is 5.73. The Morgan fingerprint density at radius 1 is 1.18 bits per heavy atom. The Morgan fingerprint density at radius 3 is 2.50 bits per heavy atom. The van der Waals surface area contributed by atoms with Crippen LogP contribution in [-0.2, 0) is 19.5 Å². The highest BCUT2D eigenvalue weighted by Gasteiger charge is 2.30. The van der Waals surface area contributed by atoms with E-state index < -0.39 is 27.7 Å². The highest BCUT2D eigenvalue weighted by Crippen LogP contribution is 2.38. The molecule has 0 fully saturated rings. The molecule has 1 amide bonds. The van der Waals surface area contributed by atoms with Crippen molar-refractivity contribution in [2.75, 3.05) is 7.11 Å². The molecule has 1 unspecified atom stereocenters. The van der Waals surface area contributed by atoms with Crippen LogP contribution in [0.5, 0.6) is 0 Å². The van der Waals surface area contributed by atoms with E-state index in [4.69, 9.17) is 9.47 Å². The van der Waals surface area contributed by atoms with Crippen LogP contribution >= 0.6 is 22.6 Å². The molecule has 0 aliphatic heterocycles. The molecule has 2 aromatic heterocycles. The smallest absolute Gasteiger partial charge is 0.407 e. The van der Waals surface area contributed by atoms with Crippen LogP contribution in [0.1, 0.15) is 61.5 Å². The second-order valence-electron chi connectivity index (χ2n) is 10.2. The maximum Gasteiger partial charge on any atom is 0.407 e. The van der Waals surface area contributed by atoms with Crippen molar-refractivity contribution in [3.05, 3.63) is 63.0 Å². The van der Waals surface area contributed by atoms with Crippen molar-refractivity contribution in [2.45, 2.75) is 63.5 Å². The second-order valence-corrected chi connectivity index (χ2v) is 13.2. The van der Waals surface area contributed by atoms with E-state index in [1.807, 2.05) is 13.0 Å². The summed E-state index contributed by atoms with van der Waals surface area (Å²) in [6.07, 6.45) is 6.14. The quantitative estimate of drug-likeness (QED) is 0.289. The lowest BCUT2D eigenvalue weighted by atomic mass is 9.87. The fourth-order valence-corrected chi connectivity index (χ4v) is 6.74. The van der Waals surface area contributed by atoms with Gasteiger partial charge in [0.05, 0.1) is 17.6 Å². The number of methoxy groups -OCH3 is 1. The summed E-state index contributed by atoms with van der Waals surface area (Å²) in [7, 11) is -2.66. The minimum atomic E-state index is -3.95. The third-order valence-electron chi connectivity index (χ3n) is 6.13. The van der Waals surface area contributed by atoms with E-state index in [9.17, 15) is 18.0 Å². The van der Waals surface area contributed by atoms with Gasteiger partial charge in [-0.05, 0) is 87.3 Å². The maximum atomic E-state index is 13.6. The van der Waals surface area contributed by atoms with Crippen LogP contribution in [0.2, 0.25) is 0 Å². The van der Waals surface area contributed by atoms with Crippen molar-refractivity contribution in [1.82, 2.24) is 14.3 Å². The summed E-state index contributed by atoms with van der Waals surface area (Å²) >= 11 is 2.06. The first-order valence-corrected chi connectivity index (χ1v) is 14.6. The zero-order valence-electron chi connectivity index (χ0n) is 21.9. The standard InChI is InChI=1S/C27H30IN3O6S/c1-16-9-11-19(12-10-16)38(34,35)31-15-21(28)23-22(20(25(32)36-5)14-29-24(23)31)17-7-6-8-18(13-17)30-26(33)37-27(2,3)4/h7,9-12,14-15,18H,6,8,13H2,1-5H3,(H,30,33). The summed E-state index contributed by atoms with van der Waals surface area (Å²) in [5.74, 6) is -0.581. The molecule has 38 heavy (non-hydrogen) atoms. The fourth-order valence-electron chi connectivity index (χ4n) is 4.44. The number of hydrogen-bond acceptors (Lipinski definition) is 7. The van der Waals surface area contributed by atoms with Crippen LogP contribution in [0.3, 0.4) is 0 Å². The molecule has 1 atom stereocenters. The molecule has 202 valence electrons. The Labute approximate surface area is 235 Å². The normalized spacial score (nSPS) is 16.2. The Morgan fingerprint density at radius 2 is 1.87 bits per heavy atom. The van der Waals surface area contributed by atoms with E-state index in [0.717, 1.165) is 15.1 Å². The molecule has 2 heterocycles. The van der Waals surface area contributed by atoms with Gasteiger partial charge >= 0.3 is 12.1 Å². The van der Waals surface area contributed by atoms with Gasteiger partial charge in [0.2, 0.25) is 0 Å². The number of pyridine rings is 1. The first kappa shape index (κ1) is 28.1. The predicted molar refractivity (Wildman–Crippen MR) is 153 cm³/mol. The minimum absolute atomic E-state index is 0.135. The summed E-state index contributed by atoms with van der Waals surface area (Å²) in [5.41, 5.74) is 2.11. The molecule has 1 aliphatic rings. The Balaban J connectivity index is 1.82. The van der Waals surface area contributed by atoms with Gasteiger partial charge in [-0.3, -0.25) is 0 Å². The number of aromatic nitrogens is 2. The van der Waals surface area contributed by atoms with Crippen molar-refractivity contribution in [3.8, 4) is 0 Å². The lowest BCUT2D eigenvalue weighted by Crippen LogP contribution is -2.40. The molecule has 0 bridgehead atoms. The number of alkyl carbamates (subject to hydrolysis) is 1. The molecular formula is C27H30IN3O6S. The van der Waals surface area contributed by atoms with Crippen molar-refractivity contribution in [2.24, 2.45) is 0 Å². The van der Waals surface area contributed by atoms with Gasteiger partial charge in [0.1, 0.15) is 5.60 Å². The number of rotatable bonds is 5. The number of benzene rings is 1. The number of hydrogen-bond donors (Lipinski definition) is 1. The molecule has 1 aliphatic carbocycles. The number of halogens is 1. The van der Waals surface area contributed by atoms with Gasteiger partial charge < -0.3 is 14.8 Å². The van der Waals surface area contributed by atoms with Crippen LogP contribution in [0.15, 0.2) is 47.6 Å². The number of aryl methyl sites for hydroxylation is 1. The van der Waals surface area contributed by atoms with Crippen LogP contribution in [0, 0.1) is 10.5 Å². The number of carbonyl (C=O) groups excluding carboxylic acids is 2. The molecule has 0 radical (unpaired) electrons. The fraction of sp³-hybridized carbons (Fsp3) is 0.370. The SMILES string of the molecule is COC(=O)c1cnc2c(c(I)cn2S(=O)(=O)c2ccc(C)cc2)c1C1=CCCC(NC(=O)OC(C)(C)C)C1. The van der Waals surface area contributed by atoms with Crippen molar-refractivity contribution in [3.63, 3.8) is 0 Å². The Bertz CT molecular complexity index is 1540. The van der Waals surface area contributed by atoms with E-state index in [-0.39, 0.29) is 22.1 Å². The number of amides is 1. The van der Waals surface area contributed by atoms with Crippen LogP contribution in [-0.4, -0.2) is 48.2 Å². The second kappa shape index (κ2) is 10.7. The molecule has 1 aromatic carbocycles. The van der Waals surface area contributed by atoms with Gasteiger partial charge in [0.25, 0.3) is 10.0 Å². The largest absolute Gasteiger partial charge is 0.465 e. The number of esters is 1. The zero-order chi connectivity index (χ0) is 27.8. The average Bonchev–Trinajstić information content (AvgIpc) is 3.19. The molecular weight excluding hydrogens is 621 g/mol. The molecule has 11 heteroatoms. The summed E-state index contributed by atoms with van der Waals surface area (Å²) in [5, 5.41) is 3.45. The van der Waals surface area contributed by atoms with Crippen molar-refractivity contribution >= 4 is 61.3 Å². The van der Waals surface area contributed by atoms with E-state index in [2.05, 4.69) is 32.9 Å². The van der Waals surface area contributed by atoms with Crippen LogP contribution in [0.4, 0.5) is 4.79 Å². The van der Waals surface area contributed by atoms with E-state index in [0.29, 0.717) is 33.8 Å².